The number of hydrogen-bond acceptors (Lipinski definition) is 5. The number of carbonyl (C=O) groups is 2. The third-order valence-corrected chi connectivity index (χ3v) is 5.02. The highest BCUT2D eigenvalue weighted by molar-refractivity contribution is 6.09. The number of aromatic nitrogens is 2. The van der Waals surface area contributed by atoms with Crippen molar-refractivity contribution in [3.05, 3.63) is 65.6 Å². The molecule has 1 aromatic carbocycles. The predicted octanol–water partition coefficient (Wildman–Crippen LogP) is 5.06. The van der Waals surface area contributed by atoms with Crippen molar-refractivity contribution in [3.8, 4) is 11.3 Å². The maximum Gasteiger partial charge on any atom is 0.411 e. The molecule has 0 aliphatic carbocycles. The highest BCUT2D eigenvalue weighted by Crippen LogP contribution is 2.39. The number of aromatic amines is 1. The number of H-pyrrole nitrogens is 1. The van der Waals surface area contributed by atoms with E-state index >= 15 is 0 Å². The van der Waals surface area contributed by atoms with Gasteiger partial charge in [0.25, 0.3) is 0 Å². The molecule has 0 saturated carbocycles. The molecule has 1 amide bonds. The lowest BCUT2D eigenvalue weighted by atomic mass is 10.0. The number of Topliss-reactive ketones (excluding diaryl/α,β-unsaturated/α-hetero) is 1. The fourth-order valence-electron chi connectivity index (χ4n) is 3.68. The van der Waals surface area contributed by atoms with Gasteiger partial charge in [-0.25, -0.2) is 4.79 Å². The van der Waals surface area contributed by atoms with E-state index in [0.717, 1.165) is 22.5 Å². The van der Waals surface area contributed by atoms with Crippen LogP contribution in [0, 0.1) is 6.92 Å². The standard InChI is InChI=1S/C24H26N4O3/c1-15-12-25-11-10-17(15)21-22(26-16-8-6-5-7-9-16)20-18(27-21)13-28(14-19(20)29)23(30)31-24(2,3)4/h5-12,26-27H,13-14H2,1-4H3. The molecular weight excluding hydrogens is 392 g/mol. The first-order valence-electron chi connectivity index (χ1n) is 10.2. The molecule has 0 unspecified atom stereocenters. The van der Waals surface area contributed by atoms with E-state index in [-0.39, 0.29) is 18.9 Å². The van der Waals surface area contributed by atoms with Gasteiger partial charge in [-0.3, -0.25) is 14.7 Å². The number of benzene rings is 1. The number of carbonyl (C=O) groups excluding carboxylic acids is 2. The second-order valence-electron chi connectivity index (χ2n) is 8.67. The van der Waals surface area contributed by atoms with Gasteiger partial charge in [-0.2, -0.15) is 0 Å². The van der Waals surface area contributed by atoms with E-state index in [9.17, 15) is 9.59 Å². The first-order valence-corrected chi connectivity index (χ1v) is 10.2. The molecule has 0 fully saturated rings. The minimum atomic E-state index is -0.629. The molecule has 160 valence electrons. The van der Waals surface area contributed by atoms with Gasteiger partial charge >= 0.3 is 6.09 Å². The van der Waals surface area contributed by atoms with Crippen LogP contribution in [0.2, 0.25) is 0 Å². The van der Waals surface area contributed by atoms with E-state index in [4.69, 9.17) is 4.74 Å². The van der Waals surface area contributed by atoms with Gasteiger partial charge in [-0.1, -0.05) is 18.2 Å². The number of pyridine rings is 1. The molecule has 2 N–H and O–H groups in total. The molecule has 1 aliphatic rings. The zero-order chi connectivity index (χ0) is 22.2. The molecule has 0 atom stereocenters. The van der Waals surface area contributed by atoms with Crippen LogP contribution < -0.4 is 5.32 Å². The molecule has 7 nitrogen and oxygen atoms in total. The number of fused-ring (bicyclic) bond motifs is 1. The number of ether oxygens (including phenoxy) is 1. The Bertz CT molecular complexity index is 1130. The predicted molar refractivity (Wildman–Crippen MR) is 119 cm³/mol. The van der Waals surface area contributed by atoms with Crippen LogP contribution in [0.4, 0.5) is 16.2 Å². The number of hydrogen-bond donors (Lipinski definition) is 2. The van der Waals surface area contributed by atoms with Crippen LogP contribution in [0.1, 0.15) is 42.4 Å². The van der Waals surface area contributed by atoms with Crippen molar-refractivity contribution in [2.45, 2.75) is 39.8 Å². The number of nitrogens with one attached hydrogen (secondary N) is 2. The molecular formula is C24H26N4O3. The minimum absolute atomic E-state index is 0.0298. The maximum atomic E-state index is 13.2. The van der Waals surface area contributed by atoms with Crippen LogP contribution >= 0.6 is 0 Å². The topological polar surface area (TPSA) is 87.3 Å². The zero-order valence-corrected chi connectivity index (χ0v) is 18.2. The largest absolute Gasteiger partial charge is 0.444 e. The SMILES string of the molecule is Cc1cnccc1-c1[nH]c2c(c1Nc1ccccc1)C(=O)CN(C(=O)OC(C)(C)C)C2. The molecule has 0 saturated heterocycles. The molecule has 0 bridgehead atoms. The number of aryl methyl sites for hydroxylation is 1. The Kier molecular flexibility index (Phi) is 5.27. The Labute approximate surface area is 181 Å². The quantitative estimate of drug-likeness (QED) is 0.621. The van der Waals surface area contributed by atoms with Gasteiger partial charge in [-0.15, -0.1) is 0 Å². The van der Waals surface area contributed by atoms with Crippen LogP contribution in [0.3, 0.4) is 0 Å². The van der Waals surface area contributed by atoms with E-state index in [1.165, 1.54) is 4.90 Å². The Morgan fingerprint density at radius 3 is 2.58 bits per heavy atom. The number of ketones is 1. The van der Waals surface area contributed by atoms with Gasteiger partial charge in [0, 0.05) is 29.3 Å². The van der Waals surface area contributed by atoms with Gasteiger partial charge < -0.3 is 15.0 Å². The normalized spacial score (nSPS) is 13.7. The fraction of sp³-hybridized carbons (Fsp3) is 0.292. The Morgan fingerprint density at radius 2 is 1.90 bits per heavy atom. The summed E-state index contributed by atoms with van der Waals surface area (Å²) in [5.74, 6) is -0.139. The molecule has 3 heterocycles. The molecule has 2 aromatic heterocycles. The van der Waals surface area contributed by atoms with Crippen molar-refractivity contribution in [1.82, 2.24) is 14.9 Å². The third kappa shape index (κ3) is 4.30. The summed E-state index contributed by atoms with van der Waals surface area (Å²) in [5.41, 5.74) is 4.95. The Hall–Kier alpha value is -3.61. The van der Waals surface area contributed by atoms with Crippen LogP contribution in [0.5, 0.6) is 0 Å². The van der Waals surface area contributed by atoms with Crippen molar-refractivity contribution >= 4 is 23.3 Å². The van der Waals surface area contributed by atoms with Crippen LogP contribution in [-0.2, 0) is 11.3 Å². The smallest absolute Gasteiger partial charge is 0.411 e. The minimum Gasteiger partial charge on any atom is -0.444 e. The summed E-state index contributed by atoms with van der Waals surface area (Å²) in [7, 11) is 0. The summed E-state index contributed by atoms with van der Waals surface area (Å²) < 4.78 is 5.47. The fourth-order valence-corrected chi connectivity index (χ4v) is 3.68. The van der Waals surface area contributed by atoms with Gasteiger partial charge in [-0.05, 0) is 51.5 Å². The van der Waals surface area contributed by atoms with E-state index in [0.29, 0.717) is 16.9 Å². The summed E-state index contributed by atoms with van der Waals surface area (Å²) >= 11 is 0. The second kappa shape index (κ2) is 7.91. The van der Waals surface area contributed by atoms with Crippen molar-refractivity contribution in [3.63, 3.8) is 0 Å². The number of anilines is 2. The lowest BCUT2D eigenvalue weighted by Crippen LogP contribution is -2.42. The number of rotatable bonds is 3. The summed E-state index contributed by atoms with van der Waals surface area (Å²) in [6.45, 7) is 7.64. The summed E-state index contributed by atoms with van der Waals surface area (Å²) in [6.07, 6.45) is 3.01. The number of nitrogens with zero attached hydrogens (tertiary/aromatic N) is 2. The monoisotopic (exact) mass is 418 g/mol. The zero-order valence-electron chi connectivity index (χ0n) is 18.2. The Balaban J connectivity index is 1.78. The van der Waals surface area contributed by atoms with Crippen molar-refractivity contribution in [2.75, 3.05) is 11.9 Å². The van der Waals surface area contributed by atoms with Crippen molar-refractivity contribution < 1.29 is 14.3 Å². The van der Waals surface area contributed by atoms with E-state index < -0.39 is 11.7 Å². The molecule has 7 heteroatoms. The summed E-state index contributed by atoms with van der Waals surface area (Å²) in [5, 5.41) is 3.41. The van der Waals surface area contributed by atoms with Crippen LogP contribution in [0.15, 0.2) is 48.8 Å². The van der Waals surface area contributed by atoms with E-state index in [2.05, 4.69) is 15.3 Å². The highest BCUT2D eigenvalue weighted by atomic mass is 16.6. The summed E-state index contributed by atoms with van der Waals surface area (Å²) in [4.78, 5) is 34.8. The van der Waals surface area contributed by atoms with Crippen LogP contribution in [-0.4, -0.2) is 38.9 Å². The Morgan fingerprint density at radius 1 is 1.16 bits per heavy atom. The molecule has 0 radical (unpaired) electrons. The average Bonchev–Trinajstić information content (AvgIpc) is 3.06. The van der Waals surface area contributed by atoms with E-state index in [1.807, 2.05) is 64.1 Å². The highest BCUT2D eigenvalue weighted by Gasteiger charge is 2.34. The van der Waals surface area contributed by atoms with Crippen molar-refractivity contribution in [1.29, 1.82) is 0 Å². The second-order valence-corrected chi connectivity index (χ2v) is 8.67. The molecule has 0 spiro atoms. The third-order valence-electron chi connectivity index (χ3n) is 5.02. The first kappa shape index (κ1) is 20.7. The lowest BCUT2D eigenvalue weighted by Gasteiger charge is -2.29. The van der Waals surface area contributed by atoms with Crippen molar-refractivity contribution in [2.24, 2.45) is 0 Å². The first-order chi connectivity index (χ1) is 14.7. The summed E-state index contributed by atoms with van der Waals surface area (Å²) in [6, 6.07) is 11.6. The number of amides is 1. The lowest BCUT2D eigenvalue weighted by molar-refractivity contribution is 0.0218. The van der Waals surface area contributed by atoms with Crippen LogP contribution in [0.25, 0.3) is 11.3 Å². The van der Waals surface area contributed by atoms with Gasteiger partial charge in [0.2, 0.25) is 0 Å². The number of para-hydroxylation sites is 1. The average molecular weight is 418 g/mol. The van der Waals surface area contributed by atoms with Gasteiger partial charge in [0.1, 0.15) is 5.60 Å². The molecule has 1 aliphatic heterocycles. The van der Waals surface area contributed by atoms with Gasteiger partial charge in [0.15, 0.2) is 5.78 Å². The molecule has 4 rings (SSSR count). The molecule has 3 aromatic rings. The maximum absolute atomic E-state index is 13.2. The van der Waals surface area contributed by atoms with E-state index in [1.54, 1.807) is 12.4 Å². The molecule has 31 heavy (non-hydrogen) atoms. The van der Waals surface area contributed by atoms with Gasteiger partial charge in [0.05, 0.1) is 30.0 Å².